The number of nitrogens with two attached hydrogens (primary N) is 1. The first-order chi connectivity index (χ1) is 25.6. The van der Waals surface area contributed by atoms with Crippen molar-refractivity contribution in [2.24, 2.45) is 0 Å². The molecule has 14 atom stereocenters. The number of rotatable bonds is 15. The number of aromatic nitrogens is 6. The van der Waals surface area contributed by atoms with E-state index in [-0.39, 0.29) is 17.1 Å². The van der Waals surface area contributed by atoms with Crippen molar-refractivity contribution >= 4 is 56.0 Å². The van der Waals surface area contributed by atoms with Crippen molar-refractivity contribution in [3.63, 3.8) is 0 Å². The maximum absolute atomic E-state index is 12.7. The quantitative estimate of drug-likeness (QED) is 0.0639. The number of phosphoric ester groups is 1. The van der Waals surface area contributed by atoms with E-state index >= 15 is 0 Å². The van der Waals surface area contributed by atoms with E-state index in [9.17, 15) is 87.2 Å². The van der Waals surface area contributed by atoms with E-state index < -0.39 is 117 Å². The zero-order valence-electron chi connectivity index (χ0n) is 26.8. The van der Waals surface area contributed by atoms with Gasteiger partial charge in [0.1, 0.15) is 36.6 Å². The minimum atomic E-state index is -6.58. The molecule has 6 unspecified atom stereocenters. The number of ether oxygens (including phenoxy) is 2. The van der Waals surface area contributed by atoms with Crippen molar-refractivity contribution < 1.29 is 104 Å². The molecule has 0 radical (unpaired) electrons. The van der Waals surface area contributed by atoms with Crippen LogP contribution in [0.25, 0.3) is 11.2 Å². The van der Waals surface area contributed by atoms with Gasteiger partial charge in [0.05, 0.1) is 12.9 Å². The third kappa shape index (κ3) is 9.76. The van der Waals surface area contributed by atoms with Crippen LogP contribution in [0.2, 0.25) is 0 Å². The van der Waals surface area contributed by atoms with E-state index in [1.807, 2.05) is 0 Å². The highest BCUT2D eigenvalue weighted by molar-refractivity contribution is 7.72. The number of anilines is 1. The molecule has 314 valence electrons. The van der Waals surface area contributed by atoms with Crippen LogP contribution in [0.15, 0.2) is 33.0 Å². The Morgan fingerprint density at radius 1 is 0.786 bits per heavy atom. The Labute approximate surface area is 306 Å². The molecule has 3 aromatic heterocycles. The molecule has 0 spiro atoms. The maximum Gasteiger partial charge on any atom is 0.490 e. The molecule has 2 aliphatic heterocycles. The molecular weight excluding hydrogens is 881 g/mol. The number of nitrogens with zero attached hydrogens (tertiary/aromatic N) is 4. The predicted octanol–water partition coefficient (Wildman–Crippen LogP) is -4.52. The highest BCUT2D eigenvalue weighted by Gasteiger charge is 2.56. The molecule has 56 heavy (non-hydrogen) atoms. The van der Waals surface area contributed by atoms with Crippen molar-refractivity contribution in [1.29, 1.82) is 0 Å². The number of aliphatic hydroxyl groups is 5. The number of phosphoric acid groups is 4. The molecule has 2 aliphatic rings. The van der Waals surface area contributed by atoms with E-state index in [0.717, 1.165) is 23.2 Å². The molecule has 5 rings (SSSR count). The van der Waals surface area contributed by atoms with E-state index in [4.69, 9.17) is 15.2 Å². The molecule has 5 heterocycles. The Balaban J connectivity index is 1.18. The molecule has 0 saturated carbocycles. The molecule has 32 nitrogen and oxygen atoms in total. The van der Waals surface area contributed by atoms with Gasteiger partial charge in [-0.25, -0.2) is 32.3 Å². The van der Waals surface area contributed by atoms with Crippen LogP contribution in [0.5, 0.6) is 0 Å². The molecule has 3 aromatic rings. The average Bonchev–Trinajstić information content (AvgIpc) is 3.67. The van der Waals surface area contributed by atoms with E-state index in [2.05, 4.69) is 36.7 Å². The number of aromatic amines is 2. The van der Waals surface area contributed by atoms with E-state index in [0.29, 0.717) is 4.57 Å². The molecule has 14 N–H and O–H groups in total. The SMILES string of the molecule is Nc1nc2c(ncn2[C@@H]2O[C@H](COP(=O)(O)OP(=O)(O)OP(=O)(O)OP(=O)(O)OP(=O)(O)C(O)[C@H]3O[C@@H](n4ccc(=O)[nH]c4=O)[C@H](O)[C@@H]3O)[C@@H](O)[C@H]2O)c(=O)[nH]1. The first-order valence-corrected chi connectivity index (χ1v) is 22.1. The lowest BCUT2D eigenvalue weighted by Gasteiger charge is -2.26. The Bertz CT molecular complexity index is 2400. The summed E-state index contributed by atoms with van der Waals surface area (Å²) >= 11 is 0. The largest absolute Gasteiger partial charge is 0.490 e. The van der Waals surface area contributed by atoms with Crippen molar-refractivity contribution in [3.8, 4) is 0 Å². The van der Waals surface area contributed by atoms with Gasteiger partial charge >= 0.3 is 44.6 Å². The third-order valence-electron chi connectivity index (χ3n) is 7.33. The topological polar surface area (TPSA) is 497 Å². The number of nitrogen functional groups attached to an aromatic ring is 1. The van der Waals surface area contributed by atoms with Crippen LogP contribution in [-0.2, 0) is 54.1 Å². The summed E-state index contributed by atoms with van der Waals surface area (Å²) in [4.78, 5) is 96.3. The van der Waals surface area contributed by atoms with Crippen LogP contribution in [0, 0.1) is 0 Å². The number of hydrogen-bond acceptors (Lipinski definition) is 23. The van der Waals surface area contributed by atoms with Crippen molar-refractivity contribution in [1.82, 2.24) is 29.1 Å². The number of nitrogens with one attached hydrogen (secondary N) is 2. The van der Waals surface area contributed by atoms with Gasteiger partial charge in [0.2, 0.25) is 5.95 Å². The lowest BCUT2D eigenvalue weighted by atomic mass is 10.1. The minimum Gasteiger partial charge on any atom is -0.387 e. The van der Waals surface area contributed by atoms with Crippen LogP contribution >= 0.6 is 38.9 Å². The minimum absolute atomic E-state index is 0.233. The van der Waals surface area contributed by atoms with Gasteiger partial charge in [-0.05, 0) is 0 Å². The Kier molecular flexibility index (Phi) is 12.5. The summed E-state index contributed by atoms with van der Waals surface area (Å²) in [5.41, 5.74) is 2.07. The maximum atomic E-state index is 12.7. The number of aliphatic hydroxyl groups excluding tert-OH is 5. The van der Waals surface area contributed by atoms with Gasteiger partial charge in [-0.2, -0.15) is 17.9 Å². The van der Waals surface area contributed by atoms with Gasteiger partial charge in [-0.3, -0.25) is 37.8 Å². The molecule has 0 aromatic carbocycles. The zero-order valence-corrected chi connectivity index (χ0v) is 31.3. The zero-order chi connectivity index (χ0) is 41.9. The van der Waals surface area contributed by atoms with Gasteiger partial charge in [-0.15, -0.1) is 0 Å². The first-order valence-electron chi connectivity index (χ1n) is 14.5. The van der Waals surface area contributed by atoms with Crippen LogP contribution in [0.1, 0.15) is 12.5 Å². The lowest BCUT2D eigenvalue weighted by molar-refractivity contribution is -0.0693. The first kappa shape index (κ1) is 44.4. The summed E-state index contributed by atoms with van der Waals surface area (Å²) in [6.45, 7) is -1.26. The van der Waals surface area contributed by atoms with Gasteiger partial charge < -0.3 is 65.2 Å². The normalized spacial score (nSPS) is 31.5. The fraction of sp³-hybridized carbons (Fsp3) is 0.526. The molecule has 2 fully saturated rings. The van der Waals surface area contributed by atoms with Crippen molar-refractivity contribution in [2.75, 3.05) is 12.3 Å². The van der Waals surface area contributed by atoms with Gasteiger partial charge in [-0.1, -0.05) is 0 Å². The van der Waals surface area contributed by atoms with Crippen LogP contribution < -0.4 is 22.5 Å². The monoisotopic (exact) mass is 909 g/mol. The van der Waals surface area contributed by atoms with Gasteiger partial charge in [0.15, 0.2) is 29.5 Å². The average molecular weight is 909 g/mol. The summed E-state index contributed by atoms with van der Waals surface area (Å²) in [7, 11) is -31.7. The number of imidazole rings is 1. The molecule has 0 amide bonds. The second kappa shape index (κ2) is 15.8. The summed E-state index contributed by atoms with van der Waals surface area (Å²) in [6.07, 6.45) is -14.4. The number of fused-ring (bicyclic) bond motifs is 1. The fourth-order valence-electron chi connectivity index (χ4n) is 5.02. The predicted molar refractivity (Wildman–Crippen MR) is 171 cm³/mol. The number of hydrogen-bond donors (Lipinski definition) is 13. The van der Waals surface area contributed by atoms with Gasteiger partial charge in [0.25, 0.3) is 11.1 Å². The second-order valence-corrected chi connectivity index (χ2v) is 19.6. The van der Waals surface area contributed by atoms with E-state index in [1.54, 1.807) is 4.98 Å². The van der Waals surface area contributed by atoms with Crippen LogP contribution in [0.4, 0.5) is 5.95 Å². The lowest BCUT2D eigenvalue weighted by Crippen LogP contribution is -2.39. The number of H-pyrrole nitrogens is 2. The summed E-state index contributed by atoms with van der Waals surface area (Å²) in [5.74, 6) is -3.51. The van der Waals surface area contributed by atoms with Crippen molar-refractivity contribution in [2.45, 2.75) is 54.9 Å². The van der Waals surface area contributed by atoms with Gasteiger partial charge in [0, 0.05) is 12.3 Å². The molecule has 0 aliphatic carbocycles. The van der Waals surface area contributed by atoms with Crippen molar-refractivity contribution in [3.05, 3.63) is 49.8 Å². The Morgan fingerprint density at radius 2 is 1.34 bits per heavy atom. The second-order valence-electron chi connectivity index (χ2n) is 11.3. The summed E-state index contributed by atoms with van der Waals surface area (Å²) < 4.78 is 93.0. The smallest absolute Gasteiger partial charge is 0.387 e. The highest BCUT2D eigenvalue weighted by Crippen LogP contribution is 2.74. The Hall–Kier alpha value is -2.70. The third-order valence-corrected chi connectivity index (χ3v) is 15.5. The molecule has 2 saturated heterocycles. The molecule has 0 bridgehead atoms. The summed E-state index contributed by atoms with van der Waals surface area (Å²) in [6, 6.07) is 0.760. The van der Waals surface area contributed by atoms with E-state index in [1.165, 1.54) is 0 Å². The molecular formula is C19H28N7O25P5. The van der Waals surface area contributed by atoms with Crippen LogP contribution in [0.3, 0.4) is 0 Å². The fourth-order valence-corrected chi connectivity index (χ4v) is 12.0. The standard InChI is InChI=1S/C19H28N7O25P5/c20-18-23-13-7(14(32)24-18)21-4-26(13)16-10(30)8(28)5(46-16)3-45-53(37,38)49-55(41,42)51-56(43,44)50-54(39,40)48-52(35,36)17(33)12-9(29)11(31)15(47-12)25-2-1-6(27)22-19(25)34/h1-2,4-5,8-12,15-17,28-31,33H,3H2,(H,35,36)(H,37,38)(H,39,40)(H,41,42)(H,43,44)(H,22,27,34)(H3,20,23,24,32)/t5-,8-,9+,10-,11-,12+,15-,16-,17?/m1/s1. The molecule has 37 heteroatoms. The summed E-state index contributed by atoms with van der Waals surface area (Å²) in [5, 5.41) is 51.7. The Morgan fingerprint density at radius 3 is 1.95 bits per heavy atom. The highest BCUT2D eigenvalue weighted by atomic mass is 31.3. The van der Waals surface area contributed by atoms with Crippen LogP contribution in [-0.4, -0.2) is 128 Å².